The van der Waals surface area contributed by atoms with Crippen molar-refractivity contribution in [3.8, 4) is 12.1 Å². The van der Waals surface area contributed by atoms with Crippen molar-refractivity contribution in [1.29, 1.82) is 10.5 Å². The number of urea groups is 1. The van der Waals surface area contributed by atoms with Gasteiger partial charge in [0.15, 0.2) is 0 Å². The number of amides is 2. The normalized spacial score (nSPS) is 34.7. The van der Waals surface area contributed by atoms with Crippen molar-refractivity contribution >= 4 is 6.03 Å². The highest BCUT2D eigenvalue weighted by atomic mass is 16.2. The molecule has 4 saturated carbocycles. The van der Waals surface area contributed by atoms with Gasteiger partial charge in [-0.25, -0.2) is 4.79 Å². The minimum Gasteiger partial charge on any atom is -0.333 e. The van der Waals surface area contributed by atoms with Crippen LogP contribution in [0.3, 0.4) is 0 Å². The van der Waals surface area contributed by atoms with Gasteiger partial charge in [0.1, 0.15) is 0 Å². The van der Waals surface area contributed by atoms with E-state index in [-0.39, 0.29) is 11.6 Å². The molecule has 5 nitrogen and oxygen atoms in total. The van der Waals surface area contributed by atoms with E-state index in [1.807, 2.05) is 0 Å². The van der Waals surface area contributed by atoms with E-state index in [1.54, 1.807) is 4.90 Å². The number of nitrogens with zero attached hydrogens (tertiary/aromatic N) is 3. The average Bonchev–Trinajstić information content (AvgIpc) is 2.45. The third-order valence-electron chi connectivity index (χ3n) is 5.68. The molecule has 0 atom stereocenters. The van der Waals surface area contributed by atoms with Gasteiger partial charge in [-0.15, -0.1) is 0 Å². The molecule has 0 heterocycles. The van der Waals surface area contributed by atoms with E-state index in [0.29, 0.717) is 25.9 Å². The maximum Gasteiger partial charge on any atom is 0.317 e. The molecule has 1 N–H and O–H groups in total. The summed E-state index contributed by atoms with van der Waals surface area (Å²) in [6.45, 7) is 0.826. The van der Waals surface area contributed by atoms with E-state index in [2.05, 4.69) is 17.5 Å². The van der Waals surface area contributed by atoms with E-state index < -0.39 is 0 Å². The van der Waals surface area contributed by atoms with Crippen LogP contribution in [0.1, 0.15) is 51.4 Å². The van der Waals surface area contributed by atoms with Gasteiger partial charge in [-0.2, -0.15) is 10.5 Å². The predicted molar refractivity (Wildman–Crippen MR) is 81.5 cm³/mol. The molecule has 0 aliphatic heterocycles. The standard InChI is InChI=1S/C17H24N4O/c18-3-1-5-21(6-2-4-19)16(22)20-17-10-13-7-14(11-17)9-15(8-13)12-17/h13-15H,1-2,5-12H2,(H,20,22). The Balaban J connectivity index is 1.64. The number of carbonyl (C=O) groups excluding carboxylic acids is 1. The first kappa shape index (κ1) is 15.2. The summed E-state index contributed by atoms with van der Waals surface area (Å²) in [4.78, 5) is 14.3. The lowest BCUT2D eigenvalue weighted by Gasteiger charge is -2.57. The maximum absolute atomic E-state index is 12.6. The van der Waals surface area contributed by atoms with E-state index in [0.717, 1.165) is 37.0 Å². The Bertz CT molecular complexity index is 462. The molecule has 0 unspecified atom stereocenters. The number of nitrogens with one attached hydrogen (secondary N) is 1. The molecule has 22 heavy (non-hydrogen) atoms. The topological polar surface area (TPSA) is 79.9 Å². The molecule has 2 amide bonds. The van der Waals surface area contributed by atoms with Crippen molar-refractivity contribution in [1.82, 2.24) is 10.2 Å². The first-order valence-electron chi connectivity index (χ1n) is 8.45. The number of rotatable bonds is 5. The van der Waals surface area contributed by atoms with Crippen LogP contribution in [0.25, 0.3) is 0 Å². The zero-order valence-electron chi connectivity index (χ0n) is 13.1. The first-order valence-corrected chi connectivity index (χ1v) is 8.45. The van der Waals surface area contributed by atoms with Gasteiger partial charge in [-0.3, -0.25) is 0 Å². The lowest BCUT2D eigenvalue weighted by atomic mass is 9.53. The van der Waals surface area contributed by atoms with Gasteiger partial charge in [0.05, 0.1) is 25.0 Å². The molecule has 4 aliphatic rings. The fourth-order valence-electron chi connectivity index (χ4n) is 5.25. The second-order valence-electron chi connectivity index (χ2n) is 7.43. The molecule has 0 radical (unpaired) electrons. The minimum atomic E-state index is -0.0764. The number of nitriles is 2. The van der Waals surface area contributed by atoms with Crippen LogP contribution < -0.4 is 5.32 Å². The molecular weight excluding hydrogens is 276 g/mol. The van der Waals surface area contributed by atoms with Gasteiger partial charge in [-0.1, -0.05) is 0 Å². The van der Waals surface area contributed by atoms with Crippen LogP contribution in [-0.2, 0) is 0 Å². The Morgan fingerprint density at radius 3 is 1.86 bits per heavy atom. The van der Waals surface area contributed by atoms with Gasteiger partial charge in [0.2, 0.25) is 0 Å². The van der Waals surface area contributed by atoms with Crippen LogP contribution in [0.5, 0.6) is 0 Å². The Morgan fingerprint density at radius 1 is 1.00 bits per heavy atom. The molecule has 0 aromatic heterocycles. The fraction of sp³-hybridized carbons (Fsp3) is 0.824. The van der Waals surface area contributed by atoms with Crippen LogP contribution in [-0.4, -0.2) is 29.6 Å². The third kappa shape index (κ3) is 3.04. The molecule has 4 bridgehead atoms. The summed E-state index contributed by atoms with van der Waals surface area (Å²) in [5.41, 5.74) is -0.0105. The summed E-state index contributed by atoms with van der Waals surface area (Å²) in [7, 11) is 0. The van der Waals surface area contributed by atoms with E-state index >= 15 is 0 Å². The second-order valence-corrected chi connectivity index (χ2v) is 7.43. The first-order chi connectivity index (χ1) is 10.6. The number of carbonyl (C=O) groups is 1. The largest absolute Gasteiger partial charge is 0.333 e. The van der Waals surface area contributed by atoms with Crippen molar-refractivity contribution in [2.75, 3.05) is 13.1 Å². The Kier molecular flexibility index (Phi) is 4.25. The molecule has 0 spiro atoms. The van der Waals surface area contributed by atoms with Crippen LogP contribution in [0.4, 0.5) is 4.79 Å². The summed E-state index contributed by atoms with van der Waals surface area (Å²) in [6.07, 6.45) is 8.05. The summed E-state index contributed by atoms with van der Waals surface area (Å²) >= 11 is 0. The summed E-state index contributed by atoms with van der Waals surface area (Å²) in [6, 6.07) is 4.09. The van der Waals surface area contributed by atoms with Crippen molar-refractivity contribution < 1.29 is 4.79 Å². The summed E-state index contributed by atoms with van der Waals surface area (Å²) < 4.78 is 0. The van der Waals surface area contributed by atoms with Gasteiger partial charge < -0.3 is 10.2 Å². The Hall–Kier alpha value is -1.75. The second kappa shape index (κ2) is 6.16. The molecule has 0 aromatic rings. The maximum atomic E-state index is 12.6. The number of hydrogen-bond acceptors (Lipinski definition) is 3. The van der Waals surface area contributed by atoms with Crippen LogP contribution in [0.2, 0.25) is 0 Å². The zero-order valence-corrected chi connectivity index (χ0v) is 13.1. The third-order valence-corrected chi connectivity index (χ3v) is 5.68. The monoisotopic (exact) mass is 300 g/mol. The van der Waals surface area contributed by atoms with Crippen molar-refractivity contribution in [3.63, 3.8) is 0 Å². The molecule has 118 valence electrons. The SMILES string of the molecule is N#CCCN(CCC#N)C(=O)NC12CC3CC(CC(C3)C1)C2. The zero-order chi connectivity index (χ0) is 15.6. The van der Waals surface area contributed by atoms with E-state index in [4.69, 9.17) is 10.5 Å². The van der Waals surface area contributed by atoms with Crippen LogP contribution >= 0.6 is 0 Å². The summed E-state index contributed by atoms with van der Waals surface area (Å²) in [5.74, 6) is 2.37. The van der Waals surface area contributed by atoms with Gasteiger partial charge in [0.25, 0.3) is 0 Å². The van der Waals surface area contributed by atoms with Gasteiger partial charge >= 0.3 is 6.03 Å². The highest BCUT2D eigenvalue weighted by molar-refractivity contribution is 5.75. The van der Waals surface area contributed by atoms with E-state index in [1.165, 1.54) is 19.3 Å². The molecule has 5 heteroatoms. The van der Waals surface area contributed by atoms with Crippen molar-refractivity contribution in [2.24, 2.45) is 17.8 Å². The lowest BCUT2D eigenvalue weighted by Crippen LogP contribution is -2.62. The minimum absolute atomic E-state index is 0.0105. The van der Waals surface area contributed by atoms with Crippen LogP contribution in [0.15, 0.2) is 0 Å². The fourth-order valence-corrected chi connectivity index (χ4v) is 5.25. The molecule has 4 rings (SSSR count). The van der Waals surface area contributed by atoms with E-state index in [9.17, 15) is 4.79 Å². The van der Waals surface area contributed by atoms with Gasteiger partial charge in [0, 0.05) is 18.6 Å². The number of hydrogen-bond donors (Lipinski definition) is 1. The lowest BCUT2D eigenvalue weighted by molar-refractivity contribution is -0.0156. The molecular formula is C17H24N4O. The highest BCUT2D eigenvalue weighted by Gasteiger charge is 2.51. The quantitative estimate of drug-likeness (QED) is 0.847. The predicted octanol–water partition coefficient (Wildman–Crippen LogP) is 2.79. The van der Waals surface area contributed by atoms with Crippen molar-refractivity contribution in [2.45, 2.75) is 56.9 Å². The van der Waals surface area contributed by atoms with Crippen LogP contribution in [0, 0.1) is 40.4 Å². The molecule has 4 fully saturated rings. The smallest absolute Gasteiger partial charge is 0.317 e. The Labute approximate surface area is 132 Å². The summed E-state index contributed by atoms with van der Waals surface area (Å²) in [5, 5.41) is 20.8. The average molecular weight is 300 g/mol. The highest BCUT2D eigenvalue weighted by Crippen LogP contribution is 2.55. The molecule has 0 aromatic carbocycles. The molecule has 4 aliphatic carbocycles. The Morgan fingerprint density at radius 2 is 1.45 bits per heavy atom. The molecule has 0 saturated heterocycles. The van der Waals surface area contributed by atoms with Crippen molar-refractivity contribution in [3.05, 3.63) is 0 Å². The van der Waals surface area contributed by atoms with Gasteiger partial charge in [-0.05, 0) is 56.3 Å².